The van der Waals surface area contributed by atoms with Gasteiger partial charge in [0.05, 0.1) is 0 Å². The van der Waals surface area contributed by atoms with E-state index < -0.39 is 0 Å². The summed E-state index contributed by atoms with van der Waals surface area (Å²) in [5.41, 5.74) is 11.8. The second kappa shape index (κ2) is 8.40. The summed E-state index contributed by atoms with van der Waals surface area (Å²) < 4.78 is 0. The highest BCUT2D eigenvalue weighted by Gasteiger charge is 2.37. The van der Waals surface area contributed by atoms with Gasteiger partial charge in [-0.1, -0.05) is 80.6 Å². The standard InChI is InChI=1S/C30H30S/c1-6-11-21-17-23(22(7-2)16-20(3)31)19-24(18-21)25-13-10-14-27-26-12-8-9-15-28(26)30(4,5)29(25)27/h6-10,12-19,31H,1,11H2,2-5H3/b20-16+,22-7+. The van der Waals surface area contributed by atoms with Gasteiger partial charge in [-0.05, 0) is 87.4 Å². The van der Waals surface area contributed by atoms with E-state index in [1.807, 2.05) is 13.0 Å². The lowest BCUT2D eigenvalue weighted by Crippen LogP contribution is -2.16. The lowest BCUT2D eigenvalue weighted by atomic mass is 9.78. The molecule has 0 N–H and O–H groups in total. The van der Waals surface area contributed by atoms with Gasteiger partial charge in [0, 0.05) is 5.41 Å². The average molecular weight is 423 g/mol. The molecular weight excluding hydrogens is 392 g/mol. The Hall–Kier alpha value is -2.77. The van der Waals surface area contributed by atoms with E-state index in [2.05, 4.69) is 113 Å². The minimum atomic E-state index is -0.0395. The molecule has 0 nitrogen and oxygen atoms in total. The zero-order valence-electron chi connectivity index (χ0n) is 18.9. The molecule has 0 amide bonds. The number of hydrogen-bond donors (Lipinski definition) is 1. The Morgan fingerprint density at radius 3 is 2.39 bits per heavy atom. The van der Waals surface area contributed by atoms with Gasteiger partial charge in [0.15, 0.2) is 0 Å². The van der Waals surface area contributed by atoms with E-state index >= 15 is 0 Å². The summed E-state index contributed by atoms with van der Waals surface area (Å²) in [5.74, 6) is 0. The Kier molecular flexibility index (Phi) is 5.81. The number of benzene rings is 3. The predicted octanol–water partition coefficient (Wildman–Crippen LogP) is 8.63. The SMILES string of the molecule is C=CCc1cc(C(/C=C(\C)S)=C/C)cc(-c2cccc3c2C(C)(C)c2ccccc2-3)c1. The van der Waals surface area contributed by atoms with Crippen molar-refractivity contribution in [2.24, 2.45) is 0 Å². The van der Waals surface area contributed by atoms with Gasteiger partial charge in [0.1, 0.15) is 0 Å². The van der Waals surface area contributed by atoms with E-state index in [4.69, 9.17) is 0 Å². The van der Waals surface area contributed by atoms with Crippen molar-refractivity contribution in [1.29, 1.82) is 0 Å². The molecule has 156 valence electrons. The van der Waals surface area contributed by atoms with E-state index in [0.717, 1.165) is 11.3 Å². The summed E-state index contributed by atoms with van der Waals surface area (Å²) in [4.78, 5) is 1.00. The van der Waals surface area contributed by atoms with Crippen LogP contribution in [0.4, 0.5) is 0 Å². The van der Waals surface area contributed by atoms with Gasteiger partial charge < -0.3 is 0 Å². The highest BCUT2D eigenvalue weighted by Crippen LogP contribution is 2.52. The molecule has 0 saturated heterocycles. The number of fused-ring (bicyclic) bond motifs is 3. The molecular formula is C30H30S. The van der Waals surface area contributed by atoms with Crippen molar-refractivity contribution in [1.82, 2.24) is 0 Å². The van der Waals surface area contributed by atoms with Crippen LogP contribution in [0.15, 0.2) is 90.4 Å². The number of thiol groups is 1. The van der Waals surface area contributed by atoms with Crippen molar-refractivity contribution in [3.63, 3.8) is 0 Å². The minimum absolute atomic E-state index is 0.0395. The lowest BCUT2D eigenvalue weighted by molar-refractivity contribution is 0.662. The first-order valence-electron chi connectivity index (χ1n) is 10.9. The number of allylic oxidation sites excluding steroid dienone is 5. The summed E-state index contributed by atoms with van der Waals surface area (Å²) in [6, 6.07) is 22.5. The van der Waals surface area contributed by atoms with Crippen LogP contribution < -0.4 is 0 Å². The van der Waals surface area contributed by atoms with Gasteiger partial charge in [-0.2, -0.15) is 0 Å². The smallest absolute Gasteiger partial charge is 0.0165 e. The number of hydrogen-bond acceptors (Lipinski definition) is 1. The second-order valence-corrected chi connectivity index (χ2v) is 9.55. The largest absolute Gasteiger partial charge is 0.148 e. The van der Waals surface area contributed by atoms with Crippen LogP contribution in [-0.4, -0.2) is 0 Å². The molecule has 0 heterocycles. The molecule has 31 heavy (non-hydrogen) atoms. The highest BCUT2D eigenvalue weighted by atomic mass is 32.1. The van der Waals surface area contributed by atoms with E-state index in [9.17, 15) is 0 Å². The van der Waals surface area contributed by atoms with E-state index in [-0.39, 0.29) is 5.41 Å². The van der Waals surface area contributed by atoms with Crippen LogP contribution in [0, 0.1) is 0 Å². The fourth-order valence-electron chi connectivity index (χ4n) is 4.95. The normalized spacial score (nSPS) is 14.9. The molecule has 1 heteroatoms. The Bertz CT molecular complexity index is 1220. The average Bonchev–Trinajstić information content (AvgIpc) is 2.99. The van der Waals surface area contributed by atoms with Gasteiger partial charge in [-0.15, -0.1) is 19.2 Å². The molecule has 0 atom stereocenters. The topological polar surface area (TPSA) is 0 Å². The molecule has 0 saturated carbocycles. The summed E-state index contributed by atoms with van der Waals surface area (Å²) in [6.45, 7) is 12.8. The quantitative estimate of drug-likeness (QED) is 0.237. The summed E-state index contributed by atoms with van der Waals surface area (Å²) in [7, 11) is 0. The lowest BCUT2D eigenvalue weighted by Gasteiger charge is -2.25. The third-order valence-electron chi connectivity index (χ3n) is 6.27. The Balaban J connectivity index is 1.97. The first kappa shape index (κ1) is 21.5. The van der Waals surface area contributed by atoms with Crippen molar-refractivity contribution in [2.45, 2.75) is 39.5 Å². The van der Waals surface area contributed by atoms with Crippen molar-refractivity contribution in [3.05, 3.63) is 113 Å². The molecule has 4 rings (SSSR count). The van der Waals surface area contributed by atoms with Gasteiger partial charge in [0.25, 0.3) is 0 Å². The predicted molar refractivity (Wildman–Crippen MR) is 140 cm³/mol. The van der Waals surface area contributed by atoms with E-state index in [1.54, 1.807) is 0 Å². The van der Waals surface area contributed by atoms with Crippen LogP contribution >= 0.6 is 12.6 Å². The van der Waals surface area contributed by atoms with Crippen LogP contribution in [0.3, 0.4) is 0 Å². The van der Waals surface area contributed by atoms with Gasteiger partial charge >= 0.3 is 0 Å². The van der Waals surface area contributed by atoms with E-state index in [0.29, 0.717) is 0 Å². The molecule has 0 fully saturated rings. The van der Waals surface area contributed by atoms with Gasteiger partial charge in [-0.3, -0.25) is 0 Å². The molecule has 1 aliphatic carbocycles. The molecule has 3 aromatic carbocycles. The molecule has 1 aliphatic rings. The molecule has 0 spiro atoms. The first-order chi connectivity index (χ1) is 14.9. The summed E-state index contributed by atoms with van der Waals surface area (Å²) in [6.07, 6.45) is 7.12. The van der Waals surface area contributed by atoms with Crippen LogP contribution in [0.5, 0.6) is 0 Å². The molecule has 0 bridgehead atoms. The van der Waals surface area contributed by atoms with Crippen LogP contribution in [-0.2, 0) is 11.8 Å². The monoisotopic (exact) mass is 422 g/mol. The summed E-state index contributed by atoms with van der Waals surface area (Å²) in [5, 5.41) is 0. The van der Waals surface area contributed by atoms with Crippen molar-refractivity contribution < 1.29 is 0 Å². The third-order valence-corrected chi connectivity index (χ3v) is 6.40. The van der Waals surface area contributed by atoms with Crippen molar-refractivity contribution >= 4 is 18.2 Å². The van der Waals surface area contributed by atoms with Crippen LogP contribution in [0.1, 0.15) is 49.9 Å². The van der Waals surface area contributed by atoms with E-state index in [1.165, 1.54) is 50.1 Å². The maximum Gasteiger partial charge on any atom is 0.0165 e. The third kappa shape index (κ3) is 3.83. The molecule has 0 unspecified atom stereocenters. The second-order valence-electron chi connectivity index (χ2n) is 8.84. The highest BCUT2D eigenvalue weighted by molar-refractivity contribution is 7.84. The van der Waals surface area contributed by atoms with Crippen LogP contribution in [0.25, 0.3) is 27.8 Å². The fraction of sp³-hybridized carbons (Fsp3) is 0.200. The molecule has 0 aromatic heterocycles. The zero-order valence-corrected chi connectivity index (χ0v) is 19.8. The Morgan fingerprint density at radius 2 is 1.68 bits per heavy atom. The Labute approximate surface area is 192 Å². The minimum Gasteiger partial charge on any atom is -0.148 e. The summed E-state index contributed by atoms with van der Waals surface area (Å²) >= 11 is 4.51. The Morgan fingerprint density at radius 1 is 0.968 bits per heavy atom. The first-order valence-corrected chi connectivity index (χ1v) is 11.3. The number of rotatable bonds is 5. The van der Waals surface area contributed by atoms with Gasteiger partial charge in [-0.25, -0.2) is 0 Å². The molecule has 0 aliphatic heterocycles. The van der Waals surface area contributed by atoms with Crippen molar-refractivity contribution in [2.75, 3.05) is 0 Å². The molecule has 0 radical (unpaired) electrons. The maximum atomic E-state index is 4.51. The van der Waals surface area contributed by atoms with Crippen LogP contribution in [0.2, 0.25) is 0 Å². The van der Waals surface area contributed by atoms with Crippen molar-refractivity contribution in [3.8, 4) is 22.3 Å². The zero-order chi connectivity index (χ0) is 22.2. The van der Waals surface area contributed by atoms with Gasteiger partial charge in [0.2, 0.25) is 0 Å². The molecule has 3 aromatic rings. The maximum absolute atomic E-state index is 4.51. The fourth-order valence-corrected chi connectivity index (χ4v) is 5.08.